The van der Waals surface area contributed by atoms with Crippen LogP contribution in [-0.2, 0) is 13.0 Å². The Morgan fingerprint density at radius 3 is 2.44 bits per heavy atom. The number of fused-ring (bicyclic) bond motifs is 2. The number of benzene rings is 2. The first-order valence-electron chi connectivity index (χ1n) is 9.65. The van der Waals surface area contributed by atoms with E-state index in [9.17, 15) is 9.18 Å². The van der Waals surface area contributed by atoms with Crippen LogP contribution in [0.1, 0.15) is 47.2 Å². The molecular weight excluding hydrogens is 339 g/mol. The minimum atomic E-state index is -0.452. The van der Waals surface area contributed by atoms with Crippen molar-refractivity contribution in [3.63, 3.8) is 0 Å². The summed E-state index contributed by atoms with van der Waals surface area (Å²) in [7, 11) is 0. The predicted molar refractivity (Wildman–Crippen MR) is 102 cm³/mol. The Balaban J connectivity index is 1.46. The molecule has 2 unspecified atom stereocenters. The number of hydrogen-bond donors (Lipinski definition) is 0. The summed E-state index contributed by atoms with van der Waals surface area (Å²) in [4.78, 5) is 15.5. The SMILES string of the molecule is N#CCc1ccc(C(=O)C2CC3CCC(C2)N3Cc2ccccc2)cc1F. The van der Waals surface area contributed by atoms with E-state index in [0.717, 1.165) is 32.2 Å². The summed E-state index contributed by atoms with van der Waals surface area (Å²) >= 11 is 0. The van der Waals surface area contributed by atoms with Gasteiger partial charge in [-0.3, -0.25) is 9.69 Å². The minimum Gasteiger partial charge on any atom is -0.294 e. The Kier molecular flexibility index (Phi) is 5.05. The zero-order valence-corrected chi connectivity index (χ0v) is 15.3. The molecule has 4 heteroatoms. The fourth-order valence-corrected chi connectivity index (χ4v) is 4.71. The average Bonchev–Trinajstić information content (AvgIpc) is 2.91. The monoisotopic (exact) mass is 362 g/mol. The van der Waals surface area contributed by atoms with Crippen molar-refractivity contribution < 1.29 is 9.18 Å². The number of Topliss-reactive ketones (excluding diaryl/α,β-unsaturated/α-hetero) is 1. The molecular formula is C23H23FN2O. The number of hydrogen-bond acceptors (Lipinski definition) is 3. The summed E-state index contributed by atoms with van der Waals surface area (Å²) in [6.45, 7) is 0.939. The van der Waals surface area contributed by atoms with E-state index in [1.165, 1.54) is 11.6 Å². The number of nitrogens with zero attached hydrogens (tertiary/aromatic N) is 2. The van der Waals surface area contributed by atoms with Crippen molar-refractivity contribution in [2.24, 2.45) is 5.92 Å². The summed E-state index contributed by atoms with van der Waals surface area (Å²) in [6, 6.07) is 17.9. The molecule has 2 heterocycles. The molecule has 0 radical (unpaired) electrons. The van der Waals surface area contributed by atoms with Gasteiger partial charge < -0.3 is 0 Å². The standard InChI is InChI=1S/C23H23FN2O/c24-22-14-18(7-6-17(22)10-11-25)23(27)19-12-20-8-9-21(13-19)26(20)15-16-4-2-1-3-5-16/h1-7,14,19-21H,8-10,12-13,15H2. The molecule has 138 valence electrons. The fraction of sp³-hybridized carbons (Fsp3) is 0.391. The number of carbonyl (C=O) groups excluding carboxylic acids is 1. The first-order valence-corrected chi connectivity index (χ1v) is 9.65. The Morgan fingerprint density at radius 1 is 1.11 bits per heavy atom. The second-order valence-electron chi connectivity index (χ2n) is 7.72. The molecule has 2 fully saturated rings. The molecule has 2 aliphatic heterocycles. The summed E-state index contributed by atoms with van der Waals surface area (Å²) in [6.07, 6.45) is 4.00. The highest BCUT2D eigenvalue weighted by atomic mass is 19.1. The molecule has 3 nitrogen and oxygen atoms in total. The van der Waals surface area contributed by atoms with E-state index >= 15 is 0 Å². The highest BCUT2D eigenvalue weighted by molar-refractivity contribution is 5.98. The van der Waals surface area contributed by atoms with Crippen LogP contribution in [-0.4, -0.2) is 22.8 Å². The van der Waals surface area contributed by atoms with E-state index in [4.69, 9.17) is 5.26 Å². The summed E-state index contributed by atoms with van der Waals surface area (Å²) in [5.74, 6) is -0.434. The Bertz CT molecular complexity index is 860. The van der Waals surface area contributed by atoms with Gasteiger partial charge in [0.2, 0.25) is 0 Å². The van der Waals surface area contributed by atoms with Gasteiger partial charge in [0.15, 0.2) is 5.78 Å². The van der Waals surface area contributed by atoms with Gasteiger partial charge in [-0.25, -0.2) is 4.39 Å². The van der Waals surface area contributed by atoms with Gasteiger partial charge >= 0.3 is 0 Å². The zero-order valence-electron chi connectivity index (χ0n) is 15.3. The third kappa shape index (κ3) is 3.65. The van der Waals surface area contributed by atoms with Crippen LogP contribution in [0.15, 0.2) is 48.5 Å². The van der Waals surface area contributed by atoms with E-state index in [2.05, 4.69) is 29.2 Å². The van der Waals surface area contributed by atoms with E-state index in [1.807, 2.05) is 12.1 Å². The molecule has 0 amide bonds. The third-order valence-corrected chi connectivity index (χ3v) is 6.07. The van der Waals surface area contributed by atoms with Crippen molar-refractivity contribution in [1.82, 2.24) is 4.90 Å². The molecule has 0 saturated carbocycles. The second kappa shape index (κ2) is 7.62. The summed E-state index contributed by atoms with van der Waals surface area (Å²) in [5.41, 5.74) is 2.11. The number of rotatable bonds is 5. The van der Waals surface area contributed by atoms with Crippen LogP contribution in [0.3, 0.4) is 0 Å². The van der Waals surface area contributed by atoms with Gasteiger partial charge in [-0.2, -0.15) is 5.26 Å². The van der Waals surface area contributed by atoms with Crippen LogP contribution in [0.5, 0.6) is 0 Å². The number of ketones is 1. The third-order valence-electron chi connectivity index (χ3n) is 6.07. The molecule has 4 rings (SSSR count). The molecule has 0 aliphatic carbocycles. The van der Waals surface area contributed by atoms with E-state index in [1.54, 1.807) is 12.1 Å². The lowest BCUT2D eigenvalue weighted by Crippen LogP contribution is -2.44. The normalized spacial score (nSPS) is 24.5. The highest BCUT2D eigenvalue weighted by Gasteiger charge is 2.42. The zero-order chi connectivity index (χ0) is 18.8. The van der Waals surface area contributed by atoms with Gasteiger partial charge in [-0.15, -0.1) is 0 Å². The quantitative estimate of drug-likeness (QED) is 0.735. The van der Waals surface area contributed by atoms with Crippen LogP contribution < -0.4 is 0 Å². The first-order chi connectivity index (χ1) is 13.2. The lowest BCUT2D eigenvalue weighted by atomic mass is 9.84. The molecule has 2 saturated heterocycles. The van der Waals surface area contributed by atoms with E-state index < -0.39 is 5.82 Å². The van der Waals surface area contributed by atoms with Crippen molar-refractivity contribution >= 4 is 5.78 Å². The van der Waals surface area contributed by atoms with Crippen molar-refractivity contribution in [1.29, 1.82) is 5.26 Å². The summed E-state index contributed by atoms with van der Waals surface area (Å²) < 4.78 is 14.1. The maximum Gasteiger partial charge on any atom is 0.166 e. The first kappa shape index (κ1) is 17.9. The van der Waals surface area contributed by atoms with Crippen LogP contribution in [0, 0.1) is 23.1 Å². The Hall–Kier alpha value is -2.51. The molecule has 2 aromatic carbocycles. The molecule has 2 bridgehead atoms. The number of halogens is 1. The molecule has 2 atom stereocenters. The van der Waals surface area contributed by atoms with Crippen molar-refractivity contribution in [2.75, 3.05) is 0 Å². The fourth-order valence-electron chi connectivity index (χ4n) is 4.71. The number of nitriles is 1. The second-order valence-corrected chi connectivity index (χ2v) is 7.72. The van der Waals surface area contributed by atoms with E-state index in [-0.39, 0.29) is 18.1 Å². The average molecular weight is 362 g/mol. The Labute approximate surface area is 159 Å². The highest BCUT2D eigenvalue weighted by Crippen LogP contribution is 2.40. The smallest absolute Gasteiger partial charge is 0.166 e. The van der Waals surface area contributed by atoms with Crippen LogP contribution in [0.2, 0.25) is 0 Å². The summed E-state index contributed by atoms with van der Waals surface area (Å²) in [5, 5.41) is 8.73. The van der Waals surface area contributed by atoms with Gasteiger partial charge in [0.25, 0.3) is 0 Å². The molecule has 2 aliphatic rings. The predicted octanol–water partition coefficient (Wildman–Crippen LogP) is 4.52. The molecule has 0 N–H and O–H groups in total. The number of carbonyl (C=O) groups is 1. The van der Waals surface area contributed by atoms with Gasteiger partial charge in [-0.1, -0.05) is 42.5 Å². The molecule has 2 aromatic rings. The van der Waals surface area contributed by atoms with Gasteiger partial charge in [-0.05, 0) is 37.3 Å². The van der Waals surface area contributed by atoms with Crippen LogP contribution in [0.4, 0.5) is 4.39 Å². The topological polar surface area (TPSA) is 44.1 Å². The molecule has 0 aromatic heterocycles. The van der Waals surface area contributed by atoms with Gasteiger partial charge in [0, 0.05) is 35.7 Å². The maximum atomic E-state index is 14.1. The van der Waals surface area contributed by atoms with Crippen LogP contribution in [0.25, 0.3) is 0 Å². The van der Waals surface area contributed by atoms with Gasteiger partial charge in [0.1, 0.15) is 5.82 Å². The van der Waals surface area contributed by atoms with Crippen molar-refractivity contribution in [2.45, 2.75) is 50.7 Å². The molecule has 27 heavy (non-hydrogen) atoms. The van der Waals surface area contributed by atoms with Crippen molar-refractivity contribution in [3.8, 4) is 6.07 Å². The van der Waals surface area contributed by atoms with Gasteiger partial charge in [0.05, 0.1) is 12.5 Å². The van der Waals surface area contributed by atoms with Crippen molar-refractivity contribution in [3.05, 3.63) is 71.0 Å². The lowest BCUT2D eigenvalue weighted by Gasteiger charge is -2.38. The Morgan fingerprint density at radius 2 is 1.81 bits per heavy atom. The lowest BCUT2D eigenvalue weighted by molar-refractivity contribution is 0.0678. The van der Waals surface area contributed by atoms with Crippen LogP contribution >= 0.6 is 0 Å². The minimum absolute atomic E-state index is 0.0301. The van der Waals surface area contributed by atoms with E-state index in [0.29, 0.717) is 23.2 Å². The maximum absolute atomic E-state index is 14.1. The molecule has 0 spiro atoms. The number of piperidine rings is 1. The largest absolute Gasteiger partial charge is 0.294 e.